The first kappa shape index (κ1) is 41.6. The topological polar surface area (TPSA) is 194 Å². The van der Waals surface area contributed by atoms with Crippen LogP contribution >= 0.6 is 22.7 Å². The van der Waals surface area contributed by atoms with Gasteiger partial charge in [0, 0.05) is 49.6 Å². The maximum atomic E-state index is 14.7. The molecule has 8 rings (SSSR count). The fraction of sp³-hybridized carbons (Fsp3) is 0.400. The minimum atomic E-state index is -3.55. The van der Waals surface area contributed by atoms with E-state index in [0.717, 1.165) is 47.8 Å². The molecule has 5 aromatic rings. The van der Waals surface area contributed by atoms with Gasteiger partial charge in [-0.3, -0.25) is 19.3 Å². The molecular weight excluding hydrogens is 808 g/mol. The third-order valence-corrected chi connectivity index (χ3v) is 14.0. The van der Waals surface area contributed by atoms with Gasteiger partial charge in [-0.1, -0.05) is 55.5 Å². The zero-order valence-electron chi connectivity index (χ0n) is 32.0. The van der Waals surface area contributed by atoms with Gasteiger partial charge in [0.25, 0.3) is 21.8 Å². The number of sulfonamides is 1. The lowest BCUT2D eigenvalue weighted by Crippen LogP contribution is -2.58. The van der Waals surface area contributed by atoms with Gasteiger partial charge < -0.3 is 30.2 Å². The number of likely N-dealkylation sites (tertiary alicyclic amines) is 1. The molecule has 2 aromatic heterocycles. The summed E-state index contributed by atoms with van der Waals surface area (Å²) in [5, 5.41) is 26.8. The molecule has 3 aromatic carbocycles. The lowest BCUT2D eigenvalue weighted by Gasteiger charge is -2.47. The van der Waals surface area contributed by atoms with Crippen LogP contribution in [0.15, 0.2) is 69.7 Å². The Hall–Kier alpha value is -4.56. The Balaban J connectivity index is 0.000000363. The number of ether oxygens (including phenoxy) is 1. The van der Waals surface area contributed by atoms with Gasteiger partial charge in [-0.05, 0) is 61.2 Å². The van der Waals surface area contributed by atoms with Crippen molar-refractivity contribution in [2.24, 2.45) is 0 Å². The number of benzene rings is 3. The van der Waals surface area contributed by atoms with E-state index in [9.17, 15) is 37.4 Å². The van der Waals surface area contributed by atoms with Gasteiger partial charge in [0.05, 0.1) is 40.1 Å². The van der Waals surface area contributed by atoms with E-state index in [2.05, 4.69) is 34.0 Å². The number of aromatic nitrogens is 2. The highest BCUT2D eigenvalue weighted by Gasteiger charge is 2.41. The third-order valence-electron chi connectivity index (χ3n) is 10.6. The van der Waals surface area contributed by atoms with Crippen LogP contribution in [-0.4, -0.2) is 102 Å². The van der Waals surface area contributed by atoms with Crippen molar-refractivity contribution in [2.75, 3.05) is 45.9 Å². The first-order chi connectivity index (χ1) is 27.7. The molecule has 0 radical (unpaired) electrons. The zero-order chi connectivity index (χ0) is 41.2. The molecule has 0 aliphatic carbocycles. The summed E-state index contributed by atoms with van der Waals surface area (Å²) in [6, 6.07) is 14.4. The van der Waals surface area contributed by atoms with Crippen LogP contribution in [-0.2, 0) is 27.7 Å². The Morgan fingerprint density at radius 2 is 1.88 bits per heavy atom. The van der Waals surface area contributed by atoms with Crippen LogP contribution < -0.4 is 14.9 Å². The molecule has 3 aliphatic rings. The summed E-state index contributed by atoms with van der Waals surface area (Å²) in [4.78, 5) is 47.2. The number of phenolic OH excluding ortho intramolecular Hbond substituents is 1. The molecule has 2 amide bonds. The van der Waals surface area contributed by atoms with Crippen LogP contribution in [0.1, 0.15) is 81.3 Å². The fourth-order valence-corrected chi connectivity index (χ4v) is 10.3. The molecular formula is C40H45FN6O8S3. The molecule has 18 heteroatoms. The molecule has 308 valence electrons. The standard InChI is InChI=1S/C33H40FN5O5S2.C7H5NO3S/c1-20(2)30-36-25(18-45-30)31(42)39-13-14-44-33(19-39)8-11-38(12-9-33)17-21-3-5-24(34)22(15-21)7-10-35-16-27(41)23-4-6-26(40)28-29(23)46-32(43)37-28;9-7-5-3-1-2-4-6(5)12(10,11)8-7/h3-6,15,18,20,27,35,40-41H,7-14,16-17,19H2,1-2H3,(H,37,43);1-4H,(H,8,9)/t27-;/m0./s1. The second-order valence-corrected chi connectivity index (χ2v) is 18.5. The monoisotopic (exact) mass is 852 g/mol. The molecule has 5 N–H and O–H groups in total. The van der Waals surface area contributed by atoms with E-state index in [4.69, 9.17) is 4.74 Å². The van der Waals surface area contributed by atoms with Crippen molar-refractivity contribution in [1.29, 1.82) is 0 Å². The second-order valence-electron chi connectivity index (χ2n) is 15.0. The van der Waals surface area contributed by atoms with E-state index in [1.54, 1.807) is 18.2 Å². The number of carbonyl (C=O) groups is 2. The smallest absolute Gasteiger partial charge is 0.305 e. The molecule has 3 aliphatic heterocycles. The zero-order valence-corrected chi connectivity index (χ0v) is 34.4. The number of amides is 2. The molecule has 14 nitrogen and oxygen atoms in total. The molecule has 2 saturated heterocycles. The number of fused-ring (bicyclic) bond motifs is 2. The number of rotatable bonds is 10. The molecule has 0 bridgehead atoms. The molecule has 1 atom stereocenters. The number of aliphatic hydroxyl groups is 1. The van der Waals surface area contributed by atoms with Gasteiger partial charge in [-0.15, -0.1) is 11.3 Å². The van der Waals surface area contributed by atoms with E-state index < -0.39 is 22.0 Å². The molecule has 0 unspecified atom stereocenters. The van der Waals surface area contributed by atoms with Crippen LogP contribution in [0.25, 0.3) is 10.2 Å². The van der Waals surface area contributed by atoms with Crippen molar-refractivity contribution >= 4 is 54.7 Å². The quantitative estimate of drug-likeness (QED) is 0.124. The van der Waals surface area contributed by atoms with Gasteiger partial charge in [0.1, 0.15) is 27.7 Å². The van der Waals surface area contributed by atoms with Crippen LogP contribution in [0, 0.1) is 5.82 Å². The van der Waals surface area contributed by atoms with Gasteiger partial charge in [0.15, 0.2) is 0 Å². The summed E-state index contributed by atoms with van der Waals surface area (Å²) in [5.41, 5.74) is 2.91. The first-order valence-electron chi connectivity index (χ1n) is 19.0. The Morgan fingerprint density at radius 3 is 2.62 bits per heavy atom. The minimum absolute atomic E-state index is 0.0206. The van der Waals surface area contributed by atoms with Crippen LogP contribution in [0.5, 0.6) is 5.75 Å². The number of phenols is 1. The Morgan fingerprint density at radius 1 is 1.10 bits per heavy atom. The summed E-state index contributed by atoms with van der Waals surface area (Å²) in [6.07, 6.45) is 1.20. The van der Waals surface area contributed by atoms with Crippen LogP contribution in [0.4, 0.5) is 4.39 Å². The van der Waals surface area contributed by atoms with Crippen molar-refractivity contribution in [1.82, 2.24) is 29.8 Å². The van der Waals surface area contributed by atoms with Gasteiger partial charge >= 0.3 is 4.87 Å². The number of halogens is 1. The molecule has 58 heavy (non-hydrogen) atoms. The van der Waals surface area contributed by atoms with E-state index in [0.29, 0.717) is 72.2 Å². The number of aromatic amines is 1. The Kier molecular flexibility index (Phi) is 12.4. The highest BCUT2D eigenvalue weighted by Crippen LogP contribution is 2.33. The van der Waals surface area contributed by atoms with Gasteiger partial charge in [-0.25, -0.2) is 22.5 Å². The summed E-state index contributed by atoms with van der Waals surface area (Å²) >= 11 is 2.48. The predicted octanol–water partition coefficient (Wildman–Crippen LogP) is 4.51. The van der Waals surface area contributed by atoms with Crippen molar-refractivity contribution in [3.8, 4) is 5.75 Å². The number of hydrogen-bond donors (Lipinski definition) is 5. The fourth-order valence-electron chi connectivity index (χ4n) is 7.42. The highest BCUT2D eigenvalue weighted by atomic mass is 32.2. The number of hydrogen-bond acceptors (Lipinski definition) is 13. The van der Waals surface area contributed by atoms with Crippen LogP contribution in [0.2, 0.25) is 0 Å². The molecule has 0 saturated carbocycles. The van der Waals surface area contributed by atoms with Crippen molar-refractivity contribution in [3.63, 3.8) is 0 Å². The number of aliphatic hydroxyl groups excluding tert-OH is 1. The average molecular weight is 853 g/mol. The summed E-state index contributed by atoms with van der Waals surface area (Å²) in [7, 11) is -3.55. The Labute approximate surface area is 342 Å². The first-order valence-corrected chi connectivity index (χ1v) is 22.2. The van der Waals surface area contributed by atoms with Gasteiger partial charge in [-0.2, -0.15) is 0 Å². The lowest BCUT2D eigenvalue weighted by atomic mass is 9.89. The van der Waals surface area contributed by atoms with Crippen molar-refractivity contribution < 1.29 is 37.3 Å². The number of aromatic hydroxyl groups is 1. The summed E-state index contributed by atoms with van der Waals surface area (Å²) in [5.74, 6) is -0.574. The molecule has 1 spiro atoms. The number of nitrogens with one attached hydrogen (secondary N) is 3. The normalized spacial score (nSPS) is 17.9. The summed E-state index contributed by atoms with van der Waals surface area (Å²) < 4.78 is 45.7. The number of H-pyrrole nitrogens is 1. The SMILES string of the molecule is CC(C)c1nc(C(=O)N2CCOC3(CCN(Cc4ccc(F)c(CCNC[C@H](O)c5ccc(O)c6[nH]c(=O)sc56)c4)CC3)C2)cs1.O=C1NS(=O)(=O)c2ccccc21. The van der Waals surface area contributed by atoms with Crippen molar-refractivity contribution in [2.45, 2.75) is 62.2 Å². The van der Waals surface area contributed by atoms with Gasteiger partial charge in [0.2, 0.25) is 0 Å². The maximum Gasteiger partial charge on any atom is 0.305 e. The maximum absolute atomic E-state index is 14.7. The van der Waals surface area contributed by atoms with Crippen LogP contribution in [0.3, 0.4) is 0 Å². The second kappa shape index (κ2) is 17.3. The van der Waals surface area contributed by atoms with E-state index in [1.807, 2.05) is 27.1 Å². The predicted molar refractivity (Wildman–Crippen MR) is 218 cm³/mol. The minimum Gasteiger partial charge on any atom is -0.506 e. The Bertz CT molecular complexity index is 2480. The average Bonchev–Trinajstić information content (AvgIpc) is 3.92. The van der Waals surface area contributed by atoms with E-state index in [-0.39, 0.29) is 45.0 Å². The molecule has 2 fully saturated rings. The molecule has 5 heterocycles. The lowest BCUT2D eigenvalue weighted by molar-refractivity contribution is -0.128. The number of piperidine rings is 1. The largest absolute Gasteiger partial charge is 0.506 e. The number of morpholine rings is 1. The highest BCUT2D eigenvalue weighted by molar-refractivity contribution is 7.90. The van der Waals surface area contributed by atoms with E-state index >= 15 is 0 Å². The number of thiazole rings is 2. The number of carbonyl (C=O) groups excluding carboxylic acids is 2. The third kappa shape index (κ3) is 9.17. The summed E-state index contributed by atoms with van der Waals surface area (Å²) in [6.45, 7) is 8.84. The van der Waals surface area contributed by atoms with E-state index in [1.165, 1.54) is 35.6 Å². The van der Waals surface area contributed by atoms with Crippen molar-refractivity contribution in [3.05, 3.63) is 108 Å². The number of nitrogens with zero attached hydrogens (tertiary/aromatic N) is 3.